The Labute approximate surface area is 125 Å². The van der Waals surface area contributed by atoms with Crippen LogP contribution in [0.2, 0.25) is 0 Å². The molecule has 0 spiro atoms. The van der Waals surface area contributed by atoms with E-state index in [1.165, 1.54) is 0 Å². The van der Waals surface area contributed by atoms with Crippen molar-refractivity contribution in [2.24, 2.45) is 0 Å². The number of aryl methyl sites for hydroxylation is 2. The quantitative estimate of drug-likeness (QED) is 0.887. The molecule has 1 aliphatic rings. The van der Waals surface area contributed by atoms with Crippen LogP contribution >= 0.6 is 0 Å². The van der Waals surface area contributed by atoms with Gasteiger partial charge in [-0.25, -0.2) is 0 Å². The molecule has 3 rings (SSSR count). The van der Waals surface area contributed by atoms with E-state index in [9.17, 15) is 5.11 Å². The molecular formula is C17H22N2O2. The first-order valence-corrected chi connectivity index (χ1v) is 7.72. The first kappa shape index (κ1) is 14.1. The molecule has 4 heteroatoms. The van der Waals surface area contributed by atoms with E-state index in [-0.39, 0.29) is 0 Å². The lowest BCUT2D eigenvalue weighted by Gasteiger charge is -2.13. The lowest BCUT2D eigenvalue weighted by molar-refractivity contribution is 0.208. The fraction of sp³-hybridized carbons (Fsp3) is 0.471. The van der Waals surface area contributed by atoms with Crippen molar-refractivity contribution in [1.29, 1.82) is 0 Å². The number of aliphatic hydroxyl groups is 1. The Kier molecular flexibility index (Phi) is 3.97. The molecule has 0 amide bonds. The van der Waals surface area contributed by atoms with Crippen LogP contribution in [0.1, 0.15) is 49.7 Å². The molecule has 0 saturated heterocycles. The number of hydrogen-bond acceptors (Lipinski definition) is 3. The summed E-state index contributed by atoms with van der Waals surface area (Å²) in [7, 11) is 0. The van der Waals surface area contributed by atoms with Crippen LogP contribution in [0.3, 0.4) is 0 Å². The van der Waals surface area contributed by atoms with E-state index in [0.29, 0.717) is 6.10 Å². The van der Waals surface area contributed by atoms with E-state index in [4.69, 9.17) is 4.74 Å². The molecule has 0 bridgehead atoms. The molecule has 1 aromatic carbocycles. The molecule has 1 saturated carbocycles. The molecular weight excluding hydrogens is 264 g/mol. The van der Waals surface area contributed by atoms with Gasteiger partial charge in [-0.05, 0) is 49.9 Å². The monoisotopic (exact) mass is 286 g/mol. The molecule has 1 N–H and O–H groups in total. The van der Waals surface area contributed by atoms with Gasteiger partial charge in [-0.15, -0.1) is 0 Å². The highest BCUT2D eigenvalue weighted by Gasteiger charge is 2.23. The number of aliphatic hydroxyl groups excluding tert-OH is 1. The number of benzene rings is 1. The van der Waals surface area contributed by atoms with Gasteiger partial charge in [0.05, 0.1) is 17.5 Å². The van der Waals surface area contributed by atoms with Crippen LogP contribution in [-0.2, 0) is 13.0 Å². The normalized spacial score (nSPS) is 16.0. The summed E-state index contributed by atoms with van der Waals surface area (Å²) in [5.74, 6) is 0.881. The second kappa shape index (κ2) is 5.90. The lowest BCUT2D eigenvalue weighted by atomic mass is 10.1. The van der Waals surface area contributed by atoms with Crippen molar-refractivity contribution in [1.82, 2.24) is 9.78 Å². The topological polar surface area (TPSA) is 47.3 Å². The number of nitrogens with zero attached hydrogens (tertiary/aromatic N) is 2. The minimum Gasteiger partial charge on any atom is -0.490 e. The molecule has 1 unspecified atom stereocenters. The van der Waals surface area contributed by atoms with Gasteiger partial charge in [0.15, 0.2) is 0 Å². The summed E-state index contributed by atoms with van der Waals surface area (Å²) in [5.41, 5.74) is 2.74. The molecule has 4 nitrogen and oxygen atoms in total. The summed E-state index contributed by atoms with van der Waals surface area (Å²) in [5, 5.41) is 15.1. The van der Waals surface area contributed by atoms with Crippen LogP contribution in [-0.4, -0.2) is 21.0 Å². The smallest absolute Gasteiger partial charge is 0.121 e. The highest BCUT2D eigenvalue weighted by atomic mass is 16.5. The van der Waals surface area contributed by atoms with Gasteiger partial charge in [-0.2, -0.15) is 5.10 Å². The summed E-state index contributed by atoms with van der Waals surface area (Å²) in [6.07, 6.45) is 2.93. The first-order chi connectivity index (χ1) is 10.2. The fourth-order valence-corrected chi connectivity index (χ4v) is 2.41. The number of hydrogen-bond donors (Lipinski definition) is 1. The number of aromatic nitrogens is 2. The fourth-order valence-electron chi connectivity index (χ4n) is 2.41. The van der Waals surface area contributed by atoms with Crippen molar-refractivity contribution >= 4 is 0 Å². The molecule has 0 aliphatic heterocycles. The third kappa shape index (κ3) is 3.10. The summed E-state index contributed by atoms with van der Waals surface area (Å²) in [4.78, 5) is 0. The molecule has 1 fully saturated rings. The van der Waals surface area contributed by atoms with E-state index >= 15 is 0 Å². The van der Waals surface area contributed by atoms with Gasteiger partial charge in [0, 0.05) is 6.54 Å². The predicted molar refractivity (Wildman–Crippen MR) is 81.4 cm³/mol. The maximum atomic E-state index is 10.6. The Morgan fingerprint density at radius 3 is 2.57 bits per heavy atom. The zero-order valence-corrected chi connectivity index (χ0v) is 12.6. The van der Waals surface area contributed by atoms with Crippen LogP contribution in [0.15, 0.2) is 30.3 Å². The van der Waals surface area contributed by atoms with Crippen LogP contribution in [0, 0.1) is 0 Å². The van der Waals surface area contributed by atoms with E-state index in [0.717, 1.165) is 48.5 Å². The van der Waals surface area contributed by atoms with Gasteiger partial charge in [0.2, 0.25) is 0 Å². The molecule has 21 heavy (non-hydrogen) atoms. The van der Waals surface area contributed by atoms with Crippen molar-refractivity contribution in [2.45, 2.75) is 51.9 Å². The van der Waals surface area contributed by atoms with E-state index in [2.05, 4.69) is 12.0 Å². The van der Waals surface area contributed by atoms with Gasteiger partial charge >= 0.3 is 0 Å². The highest BCUT2D eigenvalue weighted by molar-refractivity contribution is 5.33. The van der Waals surface area contributed by atoms with Gasteiger partial charge in [-0.1, -0.05) is 19.1 Å². The minimum atomic E-state index is -0.646. The molecule has 1 aliphatic carbocycles. The Morgan fingerprint density at radius 1 is 1.29 bits per heavy atom. The van der Waals surface area contributed by atoms with Crippen molar-refractivity contribution in [2.75, 3.05) is 0 Å². The first-order valence-electron chi connectivity index (χ1n) is 7.72. The predicted octanol–water partition coefficient (Wildman–Crippen LogP) is 3.09. The highest BCUT2D eigenvalue weighted by Crippen LogP contribution is 2.29. The van der Waals surface area contributed by atoms with E-state index in [1.54, 1.807) is 0 Å². The van der Waals surface area contributed by atoms with E-state index in [1.807, 2.05) is 41.9 Å². The summed E-state index contributed by atoms with van der Waals surface area (Å²) < 4.78 is 7.61. The summed E-state index contributed by atoms with van der Waals surface area (Å²) >= 11 is 0. The lowest BCUT2D eigenvalue weighted by Crippen LogP contribution is -2.09. The Bertz CT molecular complexity index is 600. The van der Waals surface area contributed by atoms with Gasteiger partial charge in [0.25, 0.3) is 0 Å². The summed E-state index contributed by atoms with van der Waals surface area (Å²) in [6, 6.07) is 9.72. The van der Waals surface area contributed by atoms with Crippen molar-refractivity contribution in [3.05, 3.63) is 47.3 Å². The minimum absolute atomic E-state index is 0.398. The van der Waals surface area contributed by atoms with Crippen LogP contribution in [0.4, 0.5) is 0 Å². The van der Waals surface area contributed by atoms with E-state index < -0.39 is 6.10 Å². The van der Waals surface area contributed by atoms with Crippen molar-refractivity contribution < 1.29 is 9.84 Å². The van der Waals surface area contributed by atoms with Gasteiger partial charge in [-0.3, -0.25) is 4.68 Å². The second-order valence-corrected chi connectivity index (χ2v) is 5.52. The Hall–Kier alpha value is -1.81. The summed E-state index contributed by atoms with van der Waals surface area (Å²) in [6.45, 7) is 4.87. The SMILES string of the molecule is CCc1cc(C(O)c2ccc(OC3CC3)cc2)n(CC)n1. The third-order valence-corrected chi connectivity index (χ3v) is 3.83. The molecule has 1 atom stereocenters. The molecule has 112 valence electrons. The Morgan fingerprint density at radius 2 is 2.00 bits per heavy atom. The van der Waals surface area contributed by atoms with Crippen LogP contribution in [0.5, 0.6) is 5.75 Å². The third-order valence-electron chi connectivity index (χ3n) is 3.83. The van der Waals surface area contributed by atoms with Crippen molar-refractivity contribution in [3.8, 4) is 5.75 Å². The molecule has 1 aromatic heterocycles. The standard InChI is InChI=1S/C17H22N2O2/c1-3-13-11-16(19(4-2)18-13)17(20)12-5-7-14(8-6-12)21-15-9-10-15/h5-8,11,15,17,20H,3-4,9-10H2,1-2H3. The maximum absolute atomic E-state index is 10.6. The molecule has 2 aromatic rings. The average molecular weight is 286 g/mol. The number of ether oxygens (including phenoxy) is 1. The second-order valence-electron chi connectivity index (χ2n) is 5.52. The van der Waals surface area contributed by atoms with Gasteiger partial charge in [0.1, 0.15) is 11.9 Å². The maximum Gasteiger partial charge on any atom is 0.121 e. The largest absolute Gasteiger partial charge is 0.490 e. The van der Waals surface area contributed by atoms with Crippen LogP contribution < -0.4 is 4.74 Å². The number of rotatable bonds is 6. The van der Waals surface area contributed by atoms with Crippen molar-refractivity contribution in [3.63, 3.8) is 0 Å². The van der Waals surface area contributed by atoms with Gasteiger partial charge < -0.3 is 9.84 Å². The zero-order valence-electron chi connectivity index (χ0n) is 12.6. The Balaban J connectivity index is 1.79. The van der Waals surface area contributed by atoms with Crippen LogP contribution in [0.25, 0.3) is 0 Å². The molecule has 0 radical (unpaired) electrons. The zero-order chi connectivity index (χ0) is 14.8. The average Bonchev–Trinajstić information content (AvgIpc) is 3.23. The molecule has 1 heterocycles.